The van der Waals surface area contributed by atoms with E-state index in [9.17, 15) is 19.7 Å². The van der Waals surface area contributed by atoms with Crippen LogP contribution >= 0.6 is 0 Å². The number of rotatable bonds is 10. The van der Waals surface area contributed by atoms with E-state index in [2.05, 4.69) is 5.32 Å². The average Bonchev–Trinajstić information content (AvgIpc) is 3.39. The summed E-state index contributed by atoms with van der Waals surface area (Å²) in [6, 6.07) is 6.06. The number of nitrogens with one attached hydrogen (secondary N) is 1. The van der Waals surface area contributed by atoms with Gasteiger partial charge in [-0.1, -0.05) is 12.1 Å². The van der Waals surface area contributed by atoms with Gasteiger partial charge in [-0.3, -0.25) is 24.6 Å². The van der Waals surface area contributed by atoms with E-state index >= 15 is 0 Å². The highest BCUT2D eigenvalue weighted by molar-refractivity contribution is 5.78. The lowest BCUT2D eigenvalue weighted by Crippen LogP contribution is -2.55. The lowest BCUT2D eigenvalue weighted by Gasteiger charge is -2.42. The van der Waals surface area contributed by atoms with E-state index in [0.717, 1.165) is 19.4 Å². The van der Waals surface area contributed by atoms with E-state index in [0.29, 0.717) is 18.8 Å². The van der Waals surface area contributed by atoms with Gasteiger partial charge in [0.05, 0.1) is 11.5 Å². The Kier molecular flexibility index (Phi) is 5.90. The number of carbonyl (C=O) groups is 2. The monoisotopic (exact) mass is 377 g/mol. The second kappa shape index (κ2) is 8.34. The molecule has 0 heterocycles. The summed E-state index contributed by atoms with van der Waals surface area (Å²) >= 11 is 0. The van der Waals surface area contributed by atoms with Crippen molar-refractivity contribution in [2.24, 2.45) is 5.92 Å². The number of amides is 1. The Morgan fingerprint density at radius 1 is 1.30 bits per heavy atom. The van der Waals surface area contributed by atoms with Gasteiger partial charge in [-0.15, -0.1) is 0 Å². The number of nitro groups is 1. The summed E-state index contributed by atoms with van der Waals surface area (Å²) in [5.41, 5.74) is -0.182. The number of carbonyl (C=O) groups excluding carboxylic acids is 1. The number of benzene rings is 1. The predicted molar refractivity (Wildman–Crippen MR) is 95.5 cm³/mol. The van der Waals surface area contributed by atoms with E-state index in [1.807, 2.05) is 4.90 Å². The second-order valence-corrected chi connectivity index (χ2v) is 7.17. The van der Waals surface area contributed by atoms with Crippen molar-refractivity contribution in [1.29, 1.82) is 0 Å². The molecular formula is C18H23N3O6. The molecule has 146 valence electrons. The Balaban J connectivity index is 1.42. The number of hydrogen-bond acceptors (Lipinski definition) is 6. The second-order valence-electron chi connectivity index (χ2n) is 7.17. The number of ether oxygens (including phenoxy) is 1. The van der Waals surface area contributed by atoms with Crippen molar-refractivity contribution in [2.75, 3.05) is 19.7 Å². The van der Waals surface area contributed by atoms with Crippen molar-refractivity contribution in [3.63, 3.8) is 0 Å². The maximum absolute atomic E-state index is 12.0. The van der Waals surface area contributed by atoms with E-state index < -0.39 is 10.9 Å². The average molecular weight is 377 g/mol. The fraction of sp³-hybridized carbons (Fsp3) is 0.556. The molecule has 1 aromatic carbocycles. The van der Waals surface area contributed by atoms with Crippen LogP contribution in [-0.4, -0.2) is 58.6 Å². The standard InChI is InChI=1S/C18H23N3O6/c22-17(11-27-16-4-2-1-3-15(16)21(25)26)19-13-7-14(8-13)20(10-18(23)24)9-12-5-6-12/h1-4,12-14H,5-11H2,(H,19,22)(H,23,24). The van der Waals surface area contributed by atoms with Crippen LogP contribution in [0.1, 0.15) is 25.7 Å². The molecule has 2 fully saturated rings. The fourth-order valence-corrected chi connectivity index (χ4v) is 3.30. The molecule has 0 spiro atoms. The fourth-order valence-electron chi connectivity index (χ4n) is 3.30. The summed E-state index contributed by atoms with van der Waals surface area (Å²) < 4.78 is 5.28. The van der Waals surface area contributed by atoms with Gasteiger partial charge in [-0.05, 0) is 37.7 Å². The number of nitrogens with zero attached hydrogens (tertiary/aromatic N) is 2. The van der Waals surface area contributed by atoms with Crippen LogP contribution in [0.25, 0.3) is 0 Å². The summed E-state index contributed by atoms with van der Waals surface area (Å²) in [5, 5.41) is 22.8. The van der Waals surface area contributed by atoms with Gasteiger partial charge < -0.3 is 15.2 Å². The lowest BCUT2D eigenvalue weighted by atomic mass is 9.85. The van der Waals surface area contributed by atoms with Gasteiger partial charge >= 0.3 is 11.7 Å². The summed E-state index contributed by atoms with van der Waals surface area (Å²) in [7, 11) is 0. The molecule has 0 atom stereocenters. The van der Waals surface area contributed by atoms with Crippen molar-refractivity contribution >= 4 is 17.6 Å². The first-order valence-electron chi connectivity index (χ1n) is 9.03. The smallest absolute Gasteiger partial charge is 0.317 e. The normalized spacial score (nSPS) is 21.4. The van der Waals surface area contributed by atoms with Crippen LogP contribution in [0, 0.1) is 16.0 Å². The number of nitro benzene ring substituents is 1. The molecule has 0 unspecified atom stereocenters. The number of carboxylic acid groups (broad SMARTS) is 1. The zero-order chi connectivity index (χ0) is 19.4. The Morgan fingerprint density at radius 2 is 2.00 bits per heavy atom. The van der Waals surface area contributed by atoms with Crippen molar-refractivity contribution in [2.45, 2.75) is 37.8 Å². The molecule has 9 heteroatoms. The third-order valence-electron chi connectivity index (χ3n) is 4.94. The molecule has 0 saturated heterocycles. The number of para-hydroxylation sites is 2. The molecule has 0 radical (unpaired) electrons. The van der Waals surface area contributed by atoms with Gasteiger partial charge in [-0.2, -0.15) is 0 Å². The minimum atomic E-state index is -0.832. The molecule has 0 aromatic heterocycles. The largest absolute Gasteiger partial charge is 0.480 e. The van der Waals surface area contributed by atoms with Gasteiger partial charge in [0.1, 0.15) is 0 Å². The quantitative estimate of drug-likeness (QED) is 0.467. The highest BCUT2D eigenvalue weighted by Crippen LogP contribution is 2.33. The molecule has 3 rings (SSSR count). The topological polar surface area (TPSA) is 122 Å². The van der Waals surface area contributed by atoms with Crippen LogP contribution in [0.15, 0.2) is 24.3 Å². The molecular weight excluding hydrogens is 354 g/mol. The van der Waals surface area contributed by atoms with Crippen molar-refractivity contribution in [3.8, 4) is 5.75 Å². The zero-order valence-corrected chi connectivity index (χ0v) is 14.9. The SMILES string of the molecule is O=C(O)CN(CC1CC1)C1CC(NC(=O)COc2ccccc2[N+](=O)[O-])C1. The summed E-state index contributed by atoms with van der Waals surface area (Å²) in [4.78, 5) is 35.4. The first kappa shape index (κ1) is 19.1. The molecule has 1 aromatic rings. The zero-order valence-electron chi connectivity index (χ0n) is 14.9. The van der Waals surface area contributed by atoms with Crippen LogP contribution in [0.2, 0.25) is 0 Å². The molecule has 2 aliphatic carbocycles. The van der Waals surface area contributed by atoms with Crippen molar-refractivity contribution in [1.82, 2.24) is 10.2 Å². The summed E-state index contributed by atoms with van der Waals surface area (Å²) in [6.07, 6.45) is 3.73. The predicted octanol–water partition coefficient (Wildman–Crippen LogP) is 1.42. The minimum Gasteiger partial charge on any atom is -0.480 e. The van der Waals surface area contributed by atoms with Crippen molar-refractivity contribution < 1.29 is 24.4 Å². The van der Waals surface area contributed by atoms with Crippen LogP contribution in [0.3, 0.4) is 0 Å². The molecule has 2 aliphatic rings. The van der Waals surface area contributed by atoms with Gasteiger partial charge in [0.15, 0.2) is 12.4 Å². The van der Waals surface area contributed by atoms with Gasteiger partial charge in [0.25, 0.3) is 5.91 Å². The molecule has 1 amide bonds. The highest BCUT2D eigenvalue weighted by atomic mass is 16.6. The Morgan fingerprint density at radius 3 is 2.63 bits per heavy atom. The summed E-state index contributed by atoms with van der Waals surface area (Å²) in [5.74, 6) is -0.515. The van der Waals surface area contributed by atoms with Crippen LogP contribution in [0.5, 0.6) is 5.75 Å². The first-order valence-corrected chi connectivity index (χ1v) is 9.03. The number of aliphatic carboxylic acids is 1. The van der Waals surface area contributed by atoms with E-state index in [1.165, 1.54) is 18.2 Å². The maximum atomic E-state index is 12.0. The molecule has 2 N–H and O–H groups in total. The Hall–Kier alpha value is -2.68. The molecule has 9 nitrogen and oxygen atoms in total. The third-order valence-corrected chi connectivity index (χ3v) is 4.94. The number of carboxylic acids is 1. The third kappa shape index (κ3) is 5.40. The van der Waals surface area contributed by atoms with Gasteiger partial charge in [-0.25, -0.2) is 0 Å². The molecule has 0 aliphatic heterocycles. The van der Waals surface area contributed by atoms with Crippen LogP contribution in [0.4, 0.5) is 5.69 Å². The first-order chi connectivity index (χ1) is 12.9. The van der Waals surface area contributed by atoms with Gasteiger partial charge in [0.2, 0.25) is 0 Å². The maximum Gasteiger partial charge on any atom is 0.317 e. The number of hydrogen-bond donors (Lipinski definition) is 2. The highest BCUT2D eigenvalue weighted by Gasteiger charge is 2.37. The van der Waals surface area contributed by atoms with Crippen molar-refractivity contribution in [3.05, 3.63) is 34.4 Å². The minimum absolute atomic E-state index is 0.0210. The van der Waals surface area contributed by atoms with E-state index in [1.54, 1.807) is 6.07 Å². The Labute approximate surface area is 156 Å². The molecule has 0 bridgehead atoms. The van der Waals surface area contributed by atoms with Crippen LogP contribution < -0.4 is 10.1 Å². The van der Waals surface area contributed by atoms with E-state index in [-0.39, 0.29) is 42.6 Å². The molecule has 2 saturated carbocycles. The van der Waals surface area contributed by atoms with Crippen LogP contribution in [-0.2, 0) is 9.59 Å². The summed E-state index contributed by atoms with van der Waals surface area (Å²) in [6.45, 7) is 0.536. The van der Waals surface area contributed by atoms with Gasteiger partial charge in [0, 0.05) is 24.7 Å². The Bertz CT molecular complexity index is 715. The lowest BCUT2D eigenvalue weighted by molar-refractivity contribution is -0.385. The molecule has 27 heavy (non-hydrogen) atoms. The van der Waals surface area contributed by atoms with E-state index in [4.69, 9.17) is 9.84 Å².